The molecule has 138 valence electrons. The molecule has 0 unspecified atom stereocenters. The molecule has 0 aromatic heterocycles. The van der Waals surface area contributed by atoms with E-state index in [-0.39, 0.29) is 0 Å². The number of nitrogens with zero attached hydrogens (tertiary/aromatic N) is 2. The van der Waals surface area contributed by atoms with Crippen molar-refractivity contribution in [1.82, 2.24) is 9.80 Å². The molecule has 3 rings (SSSR count). The van der Waals surface area contributed by atoms with Crippen molar-refractivity contribution < 1.29 is 13.6 Å². The summed E-state index contributed by atoms with van der Waals surface area (Å²) in [4.78, 5) is 16.6. The number of piperidine rings is 1. The van der Waals surface area contributed by atoms with Crippen molar-refractivity contribution in [2.75, 3.05) is 32.7 Å². The molecule has 3 nitrogen and oxygen atoms in total. The van der Waals surface area contributed by atoms with Crippen molar-refractivity contribution in [2.24, 2.45) is 5.92 Å². The highest BCUT2D eigenvalue weighted by atomic mass is 19.2. The Hall–Kier alpha value is -1.49. The van der Waals surface area contributed by atoms with Crippen molar-refractivity contribution in [1.29, 1.82) is 0 Å². The van der Waals surface area contributed by atoms with Crippen LogP contribution in [0.25, 0.3) is 0 Å². The highest BCUT2D eigenvalue weighted by molar-refractivity contribution is 5.76. The number of aryl methyl sites for hydroxylation is 1. The maximum atomic E-state index is 13.3. The van der Waals surface area contributed by atoms with Crippen molar-refractivity contribution in [2.45, 2.75) is 44.9 Å². The highest BCUT2D eigenvalue weighted by Crippen LogP contribution is 2.22. The molecular formula is C20H28F2N2O. The van der Waals surface area contributed by atoms with Gasteiger partial charge in [-0.3, -0.25) is 4.79 Å². The zero-order valence-corrected chi connectivity index (χ0v) is 14.9. The molecule has 2 aliphatic heterocycles. The van der Waals surface area contributed by atoms with Crippen molar-refractivity contribution in [3.8, 4) is 0 Å². The lowest BCUT2D eigenvalue weighted by molar-refractivity contribution is -0.130. The van der Waals surface area contributed by atoms with Gasteiger partial charge in [0.05, 0.1) is 0 Å². The van der Waals surface area contributed by atoms with Crippen LogP contribution < -0.4 is 0 Å². The molecule has 1 aromatic carbocycles. The standard InChI is InChI=1S/C20H28F2N2O/c21-18-8-7-16(14-19(18)22)5-6-17-4-3-10-23(15-17)13-9-20(25)24-11-1-2-12-24/h7-8,14,17H,1-6,9-13,15H2/t17-/m1/s1. The van der Waals surface area contributed by atoms with Crippen LogP contribution in [0.2, 0.25) is 0 Å². The summed E-state index contributed by atoms with van der Waals surface area (Å²) in [6.45, 7) is 4.77. The number of rotatable bonds is 6. The van der Waals surface area contributed by atoms with Gasteiger partial charge in [0.15, 0.2) is 11.6 Å². The molecule has 2 heterocycles. The molecule has 5 heteroatoms. The summed E-state index contributed by atoms with van der Waals surface area (Å²) in [7, 11) is 0. The predicted octanol–water partition coefficient (Wildman–Crippen LogP) is 3.62. The first-order valence-electron chi connectivity index (χ1n) is 9.56. The Labute approximate surface area is 149 Å². The fourth-order valence-corrected chi connectivity index (χ4v) is 4.03. The van der Waals surface area contributed by atoms with Crippen LogP contribution in [0.4, 0.5) is 8.78 Å². The van der Waals surface area contributed by atoms with Gasteiger partial charge in [0.25, 0.3) is 0 Å². The normalized spacial score (nSPS) is 21.7. The highest BCUT2D eigenvalue weighted by Gasteiger charge is 2.22. The van der Waals surface area contributed by atoms with Gasteiger partial charge in [-0.05, 0) is 68.7 Å². The zero-order chi connectivity index (χ0) is 17.6. The molecule has 1 amide bonds. The van der Waals surface area contributed by atoms with E-state index < -0.39 is 11.6 Å². The average Bonchev–Trinajstić information content (AvgIpc) is 3.16. The van der Waals surface area contributed by atoms with E-state index >= 15 is 0 Å². The van der Waals surface area contributed by atoms with Crippen LogP contribution in [-0.4, -0.2) is 48.4 Å². The van der Waals surface area contributed by atoms with E-state index in [1.54, 1.807) is 6.07 Å². The largest absolute Gasteiger partial charge is 0.343 e. The number of likely N-dealkylation sites (tertiary alicyclic amines) is 2. The monoisotopic (exact) mass is 350 g/mol. The van der Waals surface area contributed by atoms with Crippen LogP contribution in [-0.2, 0) is 11.2 Å². The second-order valence-electron chi connectivity index (χ2n) is 7.43. The lowest BCUT2D eigenvalue weighted by atomic mass is 9.91. The van der Waals surface area contributed by atoms with E-state index in [9.17, 15) is 13.6 Å². The van der Waals surface area contributed by atoms with Crippen LogP contribution in [0.1, 0.15) is 44.1 Å². The molecule has 2 fully saturated rings. The van der Waals surface area contributed by atoms with Gasteiger partial charge >= 0.3 is 0 Å². The van der Waals surface area contributed by atoms with Gasteiger partial charge in [0.1, 0.15) is 0 Å². The van der Waals surface area contributed by atoms with Crippen LogP contribution in [0.15, 0.2) is 18.2 Å². The minimum Gasteiger partial charge on any atom is -0.343 e. The van der Waals surface area contributed by atoms with Gasteiger partial charge in [-0.25, -0.2) is 8.78 Å². The number of benzene rings is 1. The van der Waals surface area contributed by atoms with Crippen molar-refractivity contribution in [3.63, 3.8) is 0 Å². The van der Waals surface area contributed by atoms with Gasteiger partial charge in [-0.1, -0.05) is 6.07 Å². The summed E-state index contributed by atoms with van der Waals surface area (Å²) in [5.41, 5.74) is 0.861. The quantitative estimate of drug-likeness (QED) is 0.782. The number of hydrogen-bond acceptors (Lipinski definition) is 2. The van der Waals surface area contributed by atoms with E-state index in [0.29, 0.717) is 18.2 Å². The molecule has 0 radical (unpaired) electrons. The van der Waals surface area contributed by atoms with Crippen LogP contribution in [0.5, 0.6) is 0 Å². The molecule has 1 aromatic rings. The van der Waals surface area contributed by atoms with E-state index in [1.807, 2.05) is 4.90 Å². The Bertz CT molecular complexity index is 587. The molecule has 25 heavy (non-hydrogen) atoms. The number of carbonyl (C=O) groups is 1. The smallest absolute Gasteiger partial charge is 0.223 e. The van der Waals surface area contributed by atoms with Gasteiger partial charge < -0.3 is 9.80 Å². The number of carbonyl (C=O) groups excluding carboxylic acids is 1. The van der Waals surface area contributed by atoms with Crippen LogP contribution in [0, 0.1) is 17.6 Å². The average molecular weight is 350 g/mol. The Morgan fingerprint density at radius 1 is 1.08 bits per heavy atom. The number of halogens is 2. The van der Waals surface area contributed by atoms with E-state index in [1.165, 1.54) is 18.6 Å². The predicted molar refractivity (Wildman–Crippen MR) is 94.3 cm³/mol. The SMILES string of the molecule is O=C(CCN1CCC[C@H](CCc2ccc(F)c(F)c2)C1)N1CCCC1. The minimum atomic E-state index is -0.782. The van der Waals surface area contributed by atoms with E-state index in [4.69, 9.17) is 0 Å². The summed E-state index contributed by atoms with van der Waals surface area (Å²) in [6, 6.07) is 4.19. The lowest BCUT2D eigenvalue weighted by Crippen LogP contribution is -2.38. The van der Waals surface area contributed by atoms with Crippen LogP contribution >= 0.6 is 0 Å². The van der Waals surface area contributed by atoms with Gasteiger partial charge in [0.2, 0.25) is 5.91 Å². The van der Waals surface area contributed by atoms with Gasteiger partial charge in [-0.15, -0.1) is 0 Å². The third-order valence-electron chi connectivity index (χ3n) is 5.53. The second kappa shape index (κ2) is 8.75. The molecule has 0 N–H and O–H groups in total. The summed E-state index contributed by atoms with van der Waals surface area (Å²) in [6.07, 6.45) is 7.00. The fourth-order valence-electron chi connectivity index (χ4n) is 4.03. The maximum absolute atomic E-state index is 13.3. The lowest BCUT2D eigenvalue weighted by Gasteiger charge is -2.33. The molecular weight excluding hydrogens is 322 g/mol. The molecule has 0 saturated carbocycles. The van der Waals surface area contributed by atoms with Crippen molar-refractivity contribution >= 4 is 5.91 Å². The third-order valence-corrected chi connectivity index (χ3v) is 5.53. The zero-order valence-electron chi connectivity index (χ0n) is 14.9. The number of hydrogen-bond donors (Lipinski definition) is 0. The Balaban J connectivity index is 1.41. The molecule has 0 spiro atoms. The van der Waals surface area contributed by atoms with Gasteiger partial charge in [0, 0.05) is 32.6 Å². The summed E-state index contributed by atoms with van der Waals surface area (Å²) in [5, 5.41) is 0. The number of amides is 1. The van der Waals surface area contributed by atoms with Crippen molar-refractivity contribution in [3.05, 3.63) is 35.4 Å². The Morgan fingerprint density at radius 2 is 1.88 bits per heavy atom. The summed E-state index contributed by atoms with van der Waals surface area (Å²) in [5.74, 6) is -0.677. The first-order valence-corrected chi connectivity index (χ1v) is 9.56. The molecule has 0 bridgehead atoms. The second-order valence-corrected chi connectivity index (χ2v) is 7.43. The summed E-state index contributed by atoms with van der Waals surface area (Å²) < 4.78 is 26.3. The fraction of sp³-hybridized carbons (Fsp3) is 0.650. The molecule has 2 saturated heterocycles. The molecule has 1 atom stereocenters. The van der Waals surface area contributed by atoms with Gasteiger partial charge in [-0.2, -0.15) is 0 Å². The first kappa shape index (κ1) is 18.3. The van der Waals surface area contributed by atoms with E-state index in [0.717, 1.165) is 70.4 Å². The van der Waals surface area contributed by atoms with E-state index in [2.05, 4.69) is 4.90 Å². The first-order chi connectivity index (χ1) is 12.1. The molecule has 2 aliphatic rings. The minimum absolute atomic E-state index is 0.293. The third kappa shape index (κ3) is 5.24. The topological polar surface area (TPSA) is 23.6 Å². The van der Waals surface area contributed by atoms with Crippen LogP contribution in [0.3, 0.4) is 0 Å². The maximum Gasteiger partial charge on any atom is 0.223 e. The Morgan fingerprint density at radius 3 is 2.64 bits per heavy atom. The Kier molecular flexibility index (Phi) is 6.40. The molecule has 0 aliphatic carbocycles. The summed E-state index contributed by atoms with van der Waals surface area (Å²) >= 11 is 0.